The van der Waals surface area contributed by atoms with Crippen molar-refractivity contribution in [1.82, 2.24) is 0 Å². The molecule has 6 aromatic carbocycles. The SMILES string of the molecule is CCCCCCOc1cc(OCCCCCC)cc(C2(c3cc(OCCCCCC)cc(OCCCCCC)c3)c3cc(Br)ccc3-c3sc4c5c(sc4c32)-c2ccc(Br)cc2C5(c2cc(OCCCCCC)cc(OCCCCCC)c2)c2cc(OCCCCCC)cc(OCCCCCC)c2)c1. The first-order valence-electron chi connectivity index (χ1n) is 40.9. The minimum Gasteiger partial charge on any atom is -0.493 e. The maximum atomic E-state index is 7.06. The molecule has 8 aromatic rings. The average Bonchev–Trinajstić information content (AvgIpc) is 1.49. The molecule has 0 saturated carbocycles. The first-order valence-corrected chi connectivity index (χ1v) is 44.2. The highest BCUT2D eigenvalue weighted by Gasteiger charge is 2.55. The molecule has 0 spiro atoms. The van der Waals surface area contributed by atoms with Gasteiger partial charge in [-0.05, 0) is 169 Å². The van der Waals surface area contributed by atoms with Gasteiger partial charge in [-0.2, -0.15) is 0 Å². The monoisotopic (exact) mass is 1580 g/mol. The van der Waals surface area contributed by atoms with Gasteiger partial charge in [0.2, 0.25) is 0 Å². The van der Waals surface area contributed by atoms with Gasteiger partial charge >= 0.3 is 0 Å². The Morgan fingerprint density at radius 3 is 0.644 bits per heavy atom. The van der Waals surface area contributed by atoms with Crippen LogP contribution >= 0.6 is 54.5 Å². The van der Waals surface area contributed by atoms with Crippen LogP contribution in [0.2, 0.25) is 0 Å². The number of ether oxygens (including phenoxy) is 8. The van der Waals surface area contributed by atoms with E-state index in [2.05, 4.69) is 196 Å². The molecular weight excluding hydrogens is 1460 g/mol. The molecule has 0 fully saturated rings. The summed E-state index contributed by atoms with van der Waals surface area (Å²) in [6, 6.07) is 41.4. The molecule has 0 radical (unpaired) electrons. The van der Waals surface area contributed by atoms with E-state index in [9.17, 15) is 0 Å². The van der Waals surface area contributed by atoms with Crippen molar-refractivity contribution < 1.29 is 37.9 Å². The van der Waals surface area contributed by atoms with Crippen LogP contribution in [-0.2, 0) is 10.8 Å². The summed E-state index contributed by atoms with van der Waals surface area (Å²) < 4.78 is 61.0. The Bertz CT molecular complexity index is 3390. The first-order chi connectivity index (χ1) is 51.1. The van der Waals surface area contributed by atoms with Gasteiger partial charge < -0.3 is 37.9 Å². The molecule has 564 valence electrons. The van der Waals surface area contributed by atoms with Gasteiger partial charge in [0.15, 0.2) is 0 Å². The van der Waals surface area contributed by atoms with Gasteiger partial charge in [0.1, 0.15) is 46.0 Å². The number of fused-ring (bicyclic) bond motifs is 9. The predicted molar refractivity (Wildman–Crippen MR) is 447 cm³/mol. The molecule has 2 aromatic heterocycles. The number of hydrogen-bond donors (Lipinski definition) is 0. The normalized spacial score (nSPS) is 13.1. The van der Waals surface area contributed by atoms with Crippen LogP contribution in [0, 0.1) is 0 Å². The van der Waals surface area contributed by atoms with E-state index in [-0.39, 0.29) is 0 Å². The largest absolute Gasteiger partial charge is 0.493 e. The van der Waals surface area contributed by atoms with Gasteiger partial charge in [-0.3, -0.25) is 0 Å². The smallest absolute Gasteiger partial charge is 0.123 e. The topological polar surface area (TPSA) is 73.8 Å². The van der Waals surface area contributed by atoms with Crippen LogP contribution in [0.3, 0.4) is 0 Å². The second-order valence-electron chi connectivity index (χ2n) is 29.2. The van der Waals surface area contributed by atoms with E-state index in [0.29, 0.717) is 52.9 Å². The third-order valence-corrected chi connectivity index (χ3v) is 24.5. The molecule has 104 heavy (non-hydrogen) atoms. The number of halogens is 2. The number of thiophene rings is 2. The zero-order valence-electron chi connectivity index (χ0n) is 64.5. The van der Waals surface area contributed by atoms with E-state index in [1.807, 2.05) is 22.7 Å². The quantitative estimate of drug-likeness (QED) is 0.0349. The Kier molecular flexibility index (Phi) is 32.8. The summed E-state index contributed by atoms with van der Waals surface area (Å²) >= 11 is 12.2. The zero-order valence-corrected chi connectivity index (χ0v) is 69.3. The lowest BCUT2D eigenvalue weighted by Gasteiger charge is -2.35. The van der Waals surface area contributed by atoms with Crippen LogP contribution in [0.25, 0.3) is 30.3 Å². The van der Waals surface area contributed by atoms with Gasteiger partial charge in [-0.1, -0.05) is 253 Å². The number of rotatable bonds is 52. The lowest BCUT2D eigenvalue weighted by Crippen LogP contribution is -2.29. The fourth-order valence-corrected chi connectivity index (χ4v) is 19.3. The van der Waals surface area contributed by atoms with Crippen LogP contribution in [0.5, 0.6) is 46.0 Å². The molecule has 10 rings (SSSR count). The number of unbranched alkanes of at least 4 members (excludes halogenated alkanes) is 24. The fraction of sp³-hybridized carbons (Fsp3) is 0.543. The van der Waals surface area contributed by atoms with Crippen molar-refractivity contribution in [3.05, 3.63) is 163 Å². The van der Waals surface area contributed by atoms with Crippen molar-refractivity contribution in [3.63, 3.8) is 0 Å². The van der Waals surface area contributed by atoms with Crippen LogP contribution in [-0.4, -0.2) is 52.9 Å². The lowest BCUT2D eigenvalue weighted by atomic mass is 9.66. The highest BCUT2D eigenvalue weighted by Crippen LogP contribution is 2.69. The van der Waals surface area contributed by atoms with Crippen molar-refractivity contribution >= 4 is 63.9 Å². The maximum absolute atomic E-state index is 7.06. The summed E-state index contributed by atoms with van der Waals surface area (Å²) in [5.41, 5.74) is 9.68. The Balaban J connectivity index is 1.33. The summed E-state index contributed by atoms with van der Waals surface area (Å²) in [6.07, 6.45) is 35.4. The molecule has 0 amide bonds. The van der Waals surface area contributed by atoms with Crippen molar-refractivity contribution in [2.75, 3.05) is 52.9 Å². The van der Waals surface area contributed by atoms with E-state index in [1.54, 1.807) is 0 Å². The summed E-state index contributed by atoms with van der Waals surface area (Å²) in [5.74, 6) is 6.50. The Hall–Kier alpha value is -5.66. The Morgan fingerprint density at radius 1 is 0.250 bits per heavy atom. The summed E-state index contributed by atoms with van der Waals surface area (Å²) in [5, 5.41) is 0. The van der Waals surface area contributed by atoms with Gasteiger partial charge in [-0.15, -0.1) is 22.7 Å². The van der Waals surface area contributed by atoms with Crippen LogP contribution in [0.4, 0.5) is 0 Å². The predicted octanol–water partition coefficient (Wildman–Crippen LogP) is 28.9. The molecular formula is C92H122Br2O8S2. The highest BCUT2D eigenvalue weighted by molar-refractivity contribution is 9.10. The van der Waals surface area contributed by atoms with Crippen LogP contribution in [0.15, 0.2) is 118 Å². The maximum Gasteiger partial charge on any atom is 0.123 e. The van der Waals surface area contributed by atoms with Gasteiger partial charge in [0.25, 0.3) is 0 Å². The molecule has 8 nitrogen and oxygen atoms in total. The molecule has 12 heteroatoms. The van der Waals surface area contributed by atoms with Crippen LogP contribution in [0.1, 0.15) is 305 Å². The molecule has 0 unspecified atom stereocenters. The zero-order chi connectivity index (χ0) is 72.9. The summed E-state index contributed by atoms with van der Waals surface area (Å²) in [4.78, 5) is 2.48. The van der Waals surface area contributed by atoms with E-state index >= 15 is 0 Å². The van der Waals surface area contributed by atoms with Crippen molar-refractivity contribution in [3.8, 4) is 66.9 Å². The molecule has 0 saturated heterocycles. The van der Waals surface area contributed by atoms with E-state index in [4.69, 9.17) is 37.9 Å². The molecule has 0 N–H and O–H groups in total. The van der Waals surface area contributed by atoms with Crippen molar-refractivity contribution in [1.29, 1.82) is 0 Å². The van der Waals surface area contributed by atoms with Crippen LogP contribution < -0.4 is 37.9 Å². The van der Waals surface area contributed by atoms with E-state index in [1.165, 1.54) is 104 Å². The summed E-state index contributed by atoms with van der Waals surface area (Å²) in [7, 11) is 0. The second kappa shape index (κ2) is 42.2. The Labute approximate surface area is 651 Å². The third kappa shape index (κ3) is 20.2. The molecule has 2 aliphatic rings. The third-order valence-electron chi connectivity index (χ3n) is 20.9. The molecule has 2 aliphatic carbocycles. The van der Waals surface area contributed by atoms with E-state index < -0.39 is 10.8 Å². The average molecular weight is 1580 g/mol. The van der Waals surface area contributed by atoms with Gasteiger partial charge in [0.05, 0.1) is 73.1 Å². The lowest BCUT2D eigenvalue weighted by molar-refractivity contribution is 0.288. The molecule has 0 bridgehead atoms. The highest BCUT2D eigenvalue weighted by atomic mass is 79.9. The minimum atomic E-state index is -0.963. The molecule has 0 atom stereocenters. The second-order valence-corrected chi connectivity index (χ2v) is 33.1. The summed E-state index contributed by atoms with van der Waals surface area (Å²) in [6.45, 7) is 23.1. The standard InChI is InChI=1S/C92H122Br2O8S2/c1-9-17-25-33-45-95-73-53-67(54-74(63-73)96-46-34-26-18-10-2)91(68-55-75(97-47-35-27-19-11-3)64-76(56-68)98-48-36-28-20-12-4)83-61-71(93)41-43-81(83)87-85(91)89-90(103-87)86-88(104-89)82-44-42-72(94)62-84(82)92(86,69-57-77(99-49-37-29-21-13-5)65-78(58-69)100-50-38-30-22-14-6)70-59-79(101-51-39-31-23-15-7)66-80(60-70)102-52-40-32-24-16-8/h41-44,53-66H,9-40,45-52H2,1-8H3. The van der Waals surface area contributed by atoms with Crippen molar-refractivity contribution in [2.45, 2.75) is 272 Å². The first kappa shape index (κ1) is 80.9. The number of hydrogen-bond acceptors (Lipinski definition) is 10. The Morgan fingerprint density at radius 2 is 0.452 bits per heavy atom. The van der Waals surface area contributed by atoms with E-state index in [0.717, 1.165) is 231 Å². The van der Waals surface area contributed by atoms with Crippen molar-refractivity contribution in [2.24, 2.45) is 0 Å². The van der Waals surface area contributed by atoms with Gasteiger partial charge in [0, 0.05) is 54.1 Å². The minimum absolute atomic E-state index is 0.614. The molecule has 2 heterocycles. The fourth-order valence-electron chi connectivity index (χ4n) is 15.4. The number of benzene rings is 6. The van der Waals surface area contributed by atoms with Gasteiger partial charge in [-0.25, -0.2) is 0 Å². The molecule has 0 aliphatic heterocycles.